The molecule has 0 aliphatic rings. The van der Waals surface area contributed by atoms with Crippen LogP contribution in [0.1, 0.15) is 64.1 Å². The molecule has 3 aromatic rings. The highest BCUT2D eigenvalue weighted by molar-refractivity contribution is 7.99. The maximum absolute atomic E-state index is 12.4. The number of para-hydroxylation sites is 1. The predicted molar refractivity (Wildman–Crippen MR) is 131 cm³/mol. The smallest absolute Gasteiger partial charge is 0.234 e. The number of carbonyl (C=O) groups excluding carboxylic acids is 1. The van der Waals surface area contributed by atoms with Crippen LogP contribution in [0, 0.1) is 0 Å². The lowest BCUT2D eigenvalue weighted by atomic mass is 10.0. The van der Waals surface area contributed by atoms with Gasteiger partial charge >= 0.3 is 0 Å². The van der Waals surface area contributed by atoms with Gasteiger partial charge in [-0.25, -0.2) is 0 Å². The van der Waals surface area contributed by atoms with Crippen LogP contribution in [-0.2, 0) is 4.79 Å². The highest BCUT2D eigenvalue weighted by Gasteiger charge is 2.22. The summed E-state index contributed by atoms with van der Waals surface area (Å²) in [5, 5.41) is 12.7. The van der Waals surface area contributed by atoms with Crippen molar-refractivity contribution in [3.8, 4) is 5.75 Å². The number of halogens is 1. The number of aromatic nitrogens is 3. The molecule has 1 N–H and O–H groups in total. The van der Waals surface area contributed by atoms with Crippen molar-refractivity contribution in [2.75, 3.05) is 11.1 Å². The first-order chi connectivity index (χ1) is 15.3. The van der Waals surface area contributed by atoms with E-state index in [1.165, 1.54) is 17.3 Å². The van der Waals surface area contributed by atoms with Gasteiger partial charge in [-0.05, 0) is 56.5 Å². The summed E-state index contributed by atoms with van der Waals surface area (Å²) in [6.07, 6.45) is -0.291. The van der Waals surface area contributed by atoms with E-state index in [1.54, 1.807) is 12.1 Å². The van der Waals surface area contributed by atoms with Gasteiger partial charge in [-0.15, -0.1) is 10.2 Å². The number of anilines is 1. The molecular weight excluding hydrogens is 444 g/mol. The van der Waals surface area contributed by atoms with E-state index < -0.39 is 0 Å². The number of benzene rings is 2. The number of nitrogens with one attached hydrogen (secondary N) is 1. The van der Waals surface area contributed by atoms with Crippen molar-refractivity contribution in [2.24, 2.45) is 0 Å². The van der Waals surface area contributed by atoms with Crippen LogP contribution in [0.3, 0.4) is 0 Å². The average molecular weight is 473 g/mol. The number of ether oxygens (including phenoxy) is 1. The van der Waals surface area contributed by atoms with Crippen molar-refractivity contribution in [2.45, 2.75) is 57.8 Å². The SMILES string of the molecule is CC(C)c1ccc(OC(C)c2nnc(SCC(=O)Nc3ccccc3Cl)n2C(C)C)cc1. The molecule has 1 unspecified atom stereocenters. The maximum atomic E-state index is 12.4. The summed E-state index contributed by atoms with van der Waals surface area (Å²) in [5.74, 6) is 2.02. The molecule has 0 aliphatic carbocycles. The third-order valence-electron chi connectivity index (χ3n) is 4.91. The highest BCUT2D eigenvalue weighted by Crippen LogP contribution is 2.29. The lowest BCUT2D eigenvalue weighted by Gasteiger charge is -2.19. The molecule has 0 spiro atoms. The van der Waals surface area contributed by atoms with Gasteiger partial charge in [0.05, 0.1) is 16.5 Å². The first-order valence-electron chi connectivity index (χ1n) is 10.6. The van der Waals surface area contributed by atoms with Crippen LogP contribution in [0.5, 0.6) is 5.75 Å². The fourth-order valence-corrected chi connectivity index (χ4v) is 4.27. The molecule has 0 radical (unpaired) electrons. The number of rotatable bonds is 9. The molecule has 0 bridgehead atoms. The van der Waals surface area contributed by atoms with E-state index in [4.69, 9.17) is 16.3 Å². The second-order valence-electron chi connectivity index (χ2n) is 8.11. The summed E-state index contributed by atoms with van der Waals surface area (Å²) in [6.45, 7) is 10.4. The van der Waals surface area contributed by atoms with E-state index in [0.29, 0.717) is 21.8 Å². The minimum atomic E-state index is -0.291. The Bertz CT molecular complexity index is 1050. The van der Waals surface area contributed by atoms with Crippen molar-refractivity contribution in [1.29, 1.82) is 0 Å². The molecule has 0 saturated carbocycles. The fourth-order valence-electron chi connectivity index (χ4n) is 3.22. The van der Waals surface area contributed by atoms with Crippen LogP contribution < -0.4 is 10.1 Å². The zero-order valence-corrected chi connectivity index (χ0v) is 20.6. The van der Waals surface area contributed by atoms with Gasteiger partial charge in [-0.3, -0.25) is 4.79 Å². The molecule has 1 amide bonds. The summed E-state index contributed by atoms with van der Waals surface area (Å²) in [5.41, 5.74) is 1.86. The molecule has 6 nitrogen and oxygen atoms in total. The Labute approximate surface area is 198 Å². The molecule has 2 aromatic carbocycles. The van der Waals surface area contributed by atoms with E-state index in [-0.39, 0.29) is 23.8 Å². The van der Waals surface area contributed by atoms with Crippen LogP contribution in [0.15, 0.2) is 53.7 Å². The Kier molecular flexibility index (Phi) is 8.21. The molecule has 32 heavy (non-hydrogen) atoms. The molecule has 1 aromatic heterocycles. The van der Waals surface area contributed by atoms with Crippen LogP contribution in [0.4, 0.5) is 5.69 Å². The first-order valence-corrected chi connectivity index (χ1v) is 12.0. The van der Waals surface area contributed by atoms with E-state index in [1.807, 2.05) is 35.8 Å². The topological polar surface area (TPSA) is 69.0 Å². The molecule has 170 valence electrons. The van der Waals surface area contributed by atoms with E-state index in [2.05, 4.69) is 55.3 Å². The second kappa shape index (κ2) is 10.9. The first kappa shape index (κ1) is 24.1. The highest BCUT2D eigenvalue weighted by atomic mass is 35.5. The van der Waals surface area contributed by atoms with Gasteiger partial charge < -0.3 is 14.6 Å². The zero-order chi connectivity index (χ0) is 23.3. The van der Waals surface area contributed by atoms with Gasteiger partial charge in [-0.1, -0.05) is 61.5 Å². The lowest BCUT2D eigenvalue weighted by Crippen LogP contribution is -2.16. The summed E-state index contributed by atoms with van der Waals surface area (Å²) in [4.78, 5) is 12.4. The molecule has 8 heteroatoms. The van der Waals surface area contributed by atoms with Gasteiger partial charge in [-0.2, -0.15) is 0 Å². The van der Waals surface area contributed by atoms with Gasteiger partial charge in [0, 0.05) is 6.04 Å². The van der Waals surface area contributed by atoms with Gasteiger partial charge in [0.15, 0.2) is 17.1 Å². The standard InChI is InChI=1S/C24H29ClN4O2S/c1-15(2)18-10-12-19(13-11-18)31-17(5)23-27-28-24(29(23)16(3)4)32-14-22(30)26-21-9-7-6-8-20(21)25/h6-13,15-17H,14H2,1-5H3,(H,26,30). The summed E-state index contributed by atoms with van der Waals surface area (Å²) >= 11 is 7.46. The molecular formula is C24H29ClN4O2S. The Morgan fingerprint density at radius 3 is 2.38 bits per heavy atom. The third-order valence-corrected chi connectivity index (χ3v) is 6.18. The number of hydrogen-bond donors (Lipinski definition) is 1. The van der Waals surface area contributed by atoms with Crippen LogP contribution >= 0.6 is 23.4 Å². The molecule has 1 atom stereocenters. The van der Waals surface area contributed by atoms with Crippen molar-refractivity contribution in [3.05, 3.63) is 64.9 Å². The van der Waals surface area contributed by atoms with Gasteiger partial charge in [0.25, 0.3) is 0 Å². The van der Waals surface area contributed by atoms with Gasteiger partial charge in [0.2, 0.25) is 5.91 Å². The van der Waals surface area contributed by atoms with Crippen LogP contribution in [0.25, 0.3) is 0 Å². The van der Waals surface area contributed by atoms with Crippen molar-refractivity contribution < 1.29 is 9.53 Å². The number of hydrogen-bond acceptors (Lipinski definition) is 5. The van der Waals surface area contributed by atoms with Crippen LogP contribution in [0.2, 0.25) is 5.02 Å². The summed E-state index contributed by atoms with van der Waals surface area (Å²) in [6, 6.07) is 15.4. The summed E-state index contributed by atoms with van der Waals surface area (Å²) < 4.78 is 8.15. The maximum Gasteiger partial charge on any atom is 0.234 e. The van der Waals surface area contributed by atoms with Gasteiger partial charge in [0.1, 0.15) is 5.75 Å². The Morgan fingerprint density at radius 2 is 1.75 bits per heavy atom. The van der Waals surface area contributed by atoms with Crippen molar-refractivity contribution in [3.63, 3.8) is 0 Å². The number of carbonyl (C=O) groups is 1. The Balaban J connectivity index is 1.67. The largest absolute Gasteiger partial charge is 0.483 e. The third kappa shape index (κ3) is 6.04. The molecule has 0 fully saturated rings. The monoisotopic (exact) mass is 472 g/mol. The minimum absolute atomic E-state index is 0.114. The Morgan fingerprint density at radius 1 is 1.06 bits per heavy atom. The van der Waals surface area contributed by atoms with E-state index in [0.717, 1.165) is 11.6 Å². The molecule has 3 rings (SSSR count). The molecule has 0 saturated heterocycles. The second-order valence-corrected chi connectivity index (χ2v) is 9.45. The van der Waals surface area contributed by atoms with Crippen molar-refractivity contribution in [1.82, 2.24) is 14.8 Å². The number of nitrogens with zero attached hydrogens (tertiary/aromatic N) is 3. The zero-order valence-electron chi connectivity index (χ0n) is 19.0. The van der Waals surface area contributed by atoms with E-state index >= 15 is 0 Å². The fraction of sp³-hybridized carbons (Fsp3) is 0.375. The molecule has 1 heterocycles. The van der Waals surface area contributed by atoms with E-state index in [9.17, 15) is 4.79 Å². The Hall–Kier alpha value is -2.51. The number of amides is 1. The predicted octanol–water partition coefficient (Wildman–Crippen LogP) is 6.51. The normalized spacial score (nSPS) is 12.2. The quantitative estimate of drug-likeness (QED) is 0.359. The number of thioether (sulfide) groups is 1. The summed E-state index contributed by atoms with van der Waals surface area (Å²) in [7, 11) is 0. The lowest BCUT2D eigenvalue weighted by molar-refractivity contribution is -0.113. The van der Waals surface area contributed by atoms with Crippen LogP contribution in [-0.4, -0.2) is 26.4 Å². The minimum Gasteiger partial charge on any atom is -0.483 e. The average Bonchev–Trinajstić information content (AvgIpc) is 3.19. The van der Waals surface area contributed by atoms with Crippen molar-refractivity contribution >= 4 is 35.0 Å². The molecule has 0 aliphatic heterocycles.